The number of halogens is 3. The summed E-state index contributed by atoms with van der Waals surface area (Å²) in [5.74, 6) is -4.39. The Kier molecular flexibility index (Phi) is 9.65. The molecule has 2 amide bonds. The van der Waals surface area contributed by atoms with Crippen LogP contribution in [-0.2, 0) is 20.8 Å². The summed E-state index contributed by atoms with van der Waals surface area (Å²) < 4.78 is 40.5. The Bertz CT molecular complexity index is 975. The lowest BCUT2D eigenvalue weighted by atomic mass is 9.97. The second-order valence-corrected chi connectivity index (χ2v) is 10.9. The van der Waals surface area contributed by atoms with Gasteiger partial charge in [-0.05, 0) is 36.8 Å². The lowest BCUT2D eigenvalue weighted by Gasteiger charge is -2.38. The van der Waals surface area contributed by atoms with Crippen LogP contribution in [0, 0.1) is 23.4 Å². The van der Waals surface area contributed by atoms with E-state index >= 15 is 0 Å². The number of carboxylic acids is 1. The van der Waals surface area contributed by atoms with Gasteiger partial charge in [-0.1, -0.05) is 13.8 Å². The fourth-order valence-electron chi connectivity index (χ4n) is 4.82. The van der Waals surface area contributed by atoms with Gasteiger partial charge in [-0.3, -0.25) is 19.3 Å². The highest BCUT2D eigenvalue weighted by atomic mass is 32.2. The number of nitrogens with one attached hydrogen (secondary N) is 1. The van der Waals surface area contributed by atoms with E-state index in [9.17, 15) is 32.7 Å². The predicted octanol–water partition coefficient (Wildman–Crippen LogP) is 1.96. The van der Waals surface area contributed by atoms with Crippen molar-refractivity contribution in [2.24, 2.45) is 11.7 Å². The average Bonchev–Trinajstić information content (AvgIpc) is 3.28. The fraction of sp³-hybridized carbons (Fsp3) is 0.625. The number of rotatable bonds is 9. The molecule has 4 N–H and O–H groups in total. The molecule has 1 aromatic rings. The first kappa shape index (κ1) is 28.3. The molecule has 2 aliphatic rings. The third kappa shape index (κ3) is 6.92. The molecule has 3 atom stereocenters. The van der Waals surface area contributed by atoms with Crippen LogP contribution in [0.1, 0.15) is 38.7 Å². The number of carboxylic acid groups (broad SMARTS) is 1. The van der Waals surface area contributed by atoms with Crippen molar-refractivity contribution < 1.29 is 32.7 Å². The molecule has 200 valence electrons. The lowest BCUT2D eigenvalue weighted by Crippen LogP contribution is -2.54. The zero-order valence-electron chi connectivity index (χ0n) is 20.4. The van der Waals surface area contributed by atoms with E-state index in [2.05, 4.69) is 5.32 Å². The van der Waals surface area contributed by atoms with Crippen LogP contribution < -0.4 is 11.1 Å². The Hall–Kier alpha value is -2.31. The molecule has 0 aromatic heterocycles. The molecule has 1 aromatic carbocycles. The molecule has 3 unspecified atom stereocenters. The number of piperidine rings is 1. The number of thioether (sulfide) groups is 1. The predicted molar refractivity (Wildman–Crippen MR) is 130 cm³/mol. The third-order valence-electron chi connectivity index (χ3n) is 6.60. The maximum atomic E-state index is 13.9. The van der Waals surface area contributed by atoms with E-state index in [1.807, 2.05) is 18.7 Å². The highest BCUT2D eigenvalue weighted by Gasteiger charge is 2.37. The van der Waals surface area contributed by atoms with Gasteiger partial charge in [-0.15, -0.1) is 11.8 Å². The van der Waals surface area contributed by atoms with Crippen molar-refractivity contribution in [1.29, 1.82) is 0 Å². The summed E-state index contributed by atoms with van der Waals surface area (Å²) in [4.78, 5) is 40.8. The van der Waals surface area contributed by atoms with Crippen molar-refractivity contribution in [3.05, 3.63) is 35.1 Å². The van der Waals surface area contributed by atoms with Crippen molar-refractivity contribution in [2.45, 2.75) is 63.0 Å². The molecular weight excluding hydrogens is 497 g/mol. The summed E-state index contributed by atoms with van der Waals surface area (Å²) in [5, 5.41) is 11.8. The largest absolute Gasteiger partial charge is 0.480 e. The summed E-state index contributed by atoms with van der Waals surface area (Å²) in [7, 11) is 0. The number of hydrogen-bond donors (Lipinski definition) is 3. The number of aliphatic carboxylic acids is 1. The van der Waals surface area contributed by atoms with E-state index in [1.165, 1.54) is 16.7 Å². The number of nitrogens with zero attached hydrogens (tertiary/aromatic N) is 2. The van der Waals surface area contributed by atoms with E-state index in [-0.39, 0.29) is 42.2 Å². The SMILES string of the molecule is CC(C)C(C(=O)O)N1CCC(NC(=O)C2SCCN2C(=O)CC(N)Cc2cc(F)c(F)cc2F)CC1. The molecular formula is C24H33F3N4O4S. The molecule has 0 aliphatic carbocycles. The van der Waals surface area contributed by atoms with Gasteiger partial charge in [0.25, 0.3) is 5.91 Å². The minimum Gasteiger partial charge on any atom is -0.480 e. The summed E-state index contributed by atoms with van der Waals surface area (Å²) in [6, 6.07) is -0.330. The van der Waals surface area contributed by atoms with Gasteiger partial charge in [0.1, 0.15) is 11.9 Å². The molecule has 2 fully saturated rings. The van der Waals surface area contributed by atoms with Crippen LogP contribution >= 0.6 is 11.8 Å². The first-order valence-electron chi connectivity index (χ1n) is 12.0. The number of carbonyl (C=O) groups is 3. The van der Waals surface area contributed by atoms with E-state index in [1.54, 1.807) is 0 Å². The van der Waals surface area contributed by atoms with E-state index in [4.69, 9.17) is 5.73 Å². The van der Waals surface area contributed by atoms with Crippen LogP contribution in [0.2, 0.25) is 0 Å². The molecule has 3 rings (SSSR count). The highest BCUT2D eigenvalue weighted by molar-refractivity contribution is 8.00. The standard InChI is InChI=1S/C24H33F3N4O4S/c1-13(2)21(24(34)35)30-5-3-16(4-6-30)29-22(33)23-31(7-8-36-23)20(32)11-15(28)9-14-10-18(26)19(27)12-17(14)25/h10,12-13,15-16,21,23H,3-9,11,28H2,1-2H3,(H,29,33)(H,34,35). The minimum absolute atomic E-state index is 0.0342. The first-order chi connectivity index (χ1) is 17.0. The van der Waals surface area contributed by atoms with E-state index < -0.39 is 40.9 Å². The monoisotopic (exact) mass is 530 g/mol. The van der Waals surface area contributed by atoms with Crippen LogP contribution in [-0.4, -0.2) is 81.6 Å². The van der Waals surface area contributed by atoms with Crippen LogP contribution in [0.5, 0.6) is 0 Å². The third-order valence-corrected chi connectivity index (χ3v) is 7.80. The van der Waals surface area contributed by atoms with Crippen molar-refractivity contribution in [3.63, 3.8) is 0 Å². The topological polar surface area (TPSA) is 116 Å². The molecule has 2 aliphatic heterocycles. The molecule has 2 heterocycles. The van der Waals surface area contributed by atoms with Gasteiger partial charge in [0.2, 0.25) is 5.91 Å². The zero-order chi connectivity index (χ0) is 26.6. The van der Waals surface area contributed by atoms with Gasteiger partial charge in [0, 0.05) is 50.0 Å². The van der Waals surface area contributed by atoms with Gasteiger partial charge >= 0.3 is 5.97 Å². The maximum absolute atomic E-state index is 13.9. The van der Waals surface area contributed by atoms with Gasteiger partial charge in [0.05, 0.1) is 0 Å². The molecule has 0 saturated carbocycles. The smallest absolute Gasteiger partial charge is 0.321 e. The van der Waals surface area contributed by atoms with Gasteiger partial charge in [-0.25, -0.2) is 13.2 Å². The first-order valence-corrected chi connectivity index (χ1v) is 13.1. The minimum atomic E-state index is -1.30. The van der Waals surface area contributed by atoms with Gasteiger partial charge in [0.15, 0.2) is 17.0 Å². The summed E-state index contributed by atoms with van der Waals surface area (Å²) in [6.07, 6.45) is 0.891. The molecule has 0 spiro atoms. The van der Waals surface area contributed by atoms with Crippen LogP contribution in [0.4, 0.5) is 13.2 Å². The second-order valence-electron chi connectivity index (χ2n) is 9.68. The van der Waals surface area contributed by atoms with Crippen molar-refractivity contribution in [1.82, 2.24) is 15.1 Å². The average molecular weight is 531 g/mol. The highest BCUT2D eigenvalue weighted by Crippen LogP contribution is 2.26. The Morgan fingerprint density at radius 3 is 2.36 bits per heavy atom. The van der Waals surface area contributed by atoms with E-state index in [0.29, 0.717) is 44.3 Å². The maximum Gasteiger partial charge on any atom is 0.321 e. The number of nitrogens with two attached hydrogens (primary N) is 1. The summed E-state index contributed by atoms with van der Waals surface area (Å²) >= 11 is 1.34. The van der Waals surface area contributed by atoms with Gasteiger partial charge < -0.3 is 21.1 Å². The quantitative estimate of drug-likeness (QED) is 0.418. The molecule has 12 heteroatoms. The Labute approximate surface area is 212 Å². The fourth-order valence-corrected chi connectivity index (χ4v) is 5.96. The Morgan fingerprint density at radius 1 is 1.11 bits per heavy atom. The van der Waals surface area contributed by atoms with Crippen LogP contribution in [0.25, 0.3) is 0 Å². The van der Waals surface area contributed by atoms with Gasteiger partial charge in [-0.2, -0.15) is 0 Å². The van der Waals surface area contributed by atoms with Crippen molar-refractivity contribution >= 4 is 29.5 Å². The number of benzene rings is 1. The Balaban J connectivity index is 1.52. The van der Waals surface area contributed by atoms with Crippen LogP contribution in [0.15, 0.2) is 12.1 Å². The summed E-state index contributed by atoms with van der Waals surface area (Å²) in [5.41, 5.74) is 5.88. The number of likely N-dealkylation sites (tertiary alicyclic amines) is 1. The zero-order valence-corrected chi connectivity index (χ0v) is 21.2. The molecule has 36 heavy (non-hydrogen) atoms. The van der Waals surface area contributed by atoms with Crippen LogP contribution in [0.3, 0.4) is 0 Å². The molecule has 0 bridgehead atoms. The number of hydrogen-bond acceptors (Lipinski definition) is 6. The van der Waals surface area contributed by atoms with Crippen molar-refractivity contribution in [3.8, 4) is 0 Å². The van der Waals surface area contributed by atoms with E-state index in [0.717, 1.165) is 6.07 Å². The van der Waals surface area contributed by atoms with Crippen molar-refractivity contribution in [2.75, 3.05) is 25.4 Å². The normalized spacial score (nSPS) is 21.0. The number of amides is 2. The molecule has 8 nitrogen and oxygen atoms in total. The number of carbonyl (C=O) groups excluding carboxylic acids is 2. The molecule has 2 saturated heterocycles. The summed E-state index contributed by atoms with van der Waals surface area (Å²) in [6.45, 7) is 5.21. The lowest BCUT2D eigenvalue weighted by molar-refractivity contribution is -0.145. The second kappa shape index (κ2) is 12.3. The Morgan fingerprint density at radius 2 is 1.75 bits per heavy atom. The molecule has 0 radical (unpaired) electrons.